The lowest BCUT2D eigenvalue weighted by Crippen LogP contribution is -2.29. The first-order valence-electron chi connectivity index (χ1n) is 8.77. The molecule has 0 atom stereocenters. The first-order chi connectivity index (χ1) is 13.2. The molecule has 0 aromatic heterocycles. The van der Waals surface area contributed by atoms with Crippen molar-refractivity contribution in [2.75, 3.05) is 18.9 Å². The molecule has 0 radical (unpaired) electrons. The number of carbonyl (C=O) groups excluding carboxylic acids is 1. The van der Waals surface area contributed by atoms with Gasteiger partial charge in [-0.1, -0.05) is 60.7 Å². The van der Waals surface area contributed by atoms with E-state index >= 15 is 0 Å². The molecule has 0 bridgehead atoms. The molecule has 134 valence electrons. The number of carbonyl (C=O) groups is 1. The molecule has 1 amide bonds. The van der Waals surface area contributed by atoms with Crippen LogP contribution < -0.4 is 5.32 Å². The quantitative estimate of drug-likeness (QED) is 0.717. The van der Waals surface area contributed by atoms with Gasteiger partial charge >= 0.3 is 0 Å². The van der Waals surface area contributed by atoms with Crippen molar-refractivity contribution in [2.45, 2.75) is 6.54 Å². The molecule has 3 aromatic carbocycles. The highest BCUT2D eigenvalue weighted by molar-refractivity contribution is 5.92. The van der Waals surface area contributed by atoms with E-state index in [1.807, 2.05) is 90.8 Å². The van der Waals surface area contributed by atoms with Crippen molar-refractivity contribution in [2.24, 2.45) is 0 Å². The predicted octanol–water partition coefficient (Wildman–Crippen LogP) is 4.30. The van der Waals surface area contributed by atoms with Gasteiger partial charge < -0.3 is 5.32 Å². The Morgan fingerprint density at radius 1 is 0.963 bits per heavy atom. The van der Waals surface area contributed by atoms with Crippen LogP contribution in [0.25, 0.3) is 11.1 Å². The van der Waals surface area contributed by atoms with E-state index in [1.165, 1.54) is 0 Å². The van der Waals surface area contributed by atoms with E-state index in [0.717, 1.165) is 22.4 Å². The van der Waals surface area contributed by atoms with E-state index in [-0.39, 0.29) is 5.91 Å². The van der Waals surface area contributed by atoms with Crippen LogP contribution in [0.5, 0.6) is 0 Å². The molecule has 0 aliphatic heterocycles. The Labute approximate surface area is 159 Å². The van der Waals surface area contributed by atoms with Crippen molar-refractivity contribution in [3.8, 4) is 17.2 Å². The molecule has 0 saturated carbocycles. The Balaban J connectivity index is 1.59. The fraction of sp³-hybridized carbons (Fsp3) is 0.130. The van der Waals surface area contributed by atoms with Gasteiger partial charge in [0.05, 0.1) is 18.2 Å². The monoisotopic (exact) mass is 355 g/mol. The summed E-state index contributed by atoms with van der Waals surface area (Å²) in [6.07, 6.45) is 0. The summed E-state index contributed by atoms with van der Waals surface area (Å²) < 4.78 is 0. The van der Waals surface area contributed by atoms with Gasteiger partial charge in [-0.3, -0.25) is 9.69 Å². The second kappa shape index (κ2) is 8.79. The molecule has 0 saturated heterocycles. The number of benzene rings is 3. The third-order valence-corrected chi connectivity index (χ3v) is 4.24. The maximum atomic E-state index is 12.1. The average molecular weight is 355 g/mol. The summed E-state index contributed by atoms with van der Waals surface area (Å²) in [5, 5.41) is 12.1. The van der Waals surface area contributed by atoms with Crippen LogP contribution in [0.1, 0.15) is 11.1 Å². The van der Waals surface area contributed by atoms with Crippen molar-refractivity contribution in [3.05, 3.63) is 90.0 Å². The summed E-state index contributed by atoms with van der Waals surface area (Å²) in [6, 6.07) is 27.4. The van der Waals surface area contributed by atoms with E-state index in [0.29, 0.717) is 18.7 Å². The largest absolute Gasteiger partial charge is 0.325 e. The predicted molar refractivity (Wildman–Crippen MR) is 108 cm³/mol. The van der Waals surface area contributed by atoms with Gasteiger partial charge in [-0.25, -0.2) is 0 Å². The third-order valence-electron chi connectivity index (χ3n) is 4.24. The number of nitrogens with one attached hydrogen (secondary N) is 1. The average Bonchev–Trinajstić information content (AvgIpc) is 2.69. The number of para-hydroxylation sites is 1. The number of anilines is 1. The lowest BCUT2D eigenvalue weighted by atomic mass is 9.99. The highest BCUT2D eigenvalue weighted by Gasteiger charge is 2.08. The topological polar surface area (TPSA) is 56.1 Å². The van der Waals surface area contributed by atoms with Crippen LogP contribution in [0.2, 0.25) is 0 Å². The number of rotatable bonds is 6. The molecule has 0 fully saturated rings. The molecule has 0 spiro atoms. The molecular weight excluding hydrogens is 334 g/mol. The third kappa shape index (κ3) is 5.04. The van der Waals surface area contributed by atoms with Crippen LogP contribution in [0.15, 0.2) is 78.9 Å². The zero-order chi connectivity index (χ0) is 19.1. The normalized spacial score (nSPS) is 10.4. The Bertz CT molecular complexity index is 943. The molecule has 0 aliphatic carbocycles. The minimum absolute atomic E-state index is 0.0386. The van der Waals surface area contributed by atoms with Crippen molar-refractivity contribution in [1.82, 2.24) is 4.90 Å². The van der Waals surface area contributed by atoms with Gasteiger partial charge in [0, 0.05) is 12.2 Å². The fourth-order valence-corrected chi connectivity index (χ4v) is 2.96. The highest BCUT2D eigenvalue weighted by Crippen LogP contribution is 2.23. The maximum absolute atomic E-state index is 12.1. The van der Waals surface area contributed by atoms with E-state index in [4.69, 9.17) is 0 Å². The van der Waals surface area contributed by atoms with Crippen molar-refractivity contribution < 1.29 is 4.79 Å². The Kier molecular flexibility index (Phi) is 5.98. The van der Waals surface area contributed by atoms with Crippen molar-refractivity contribution >= 4 is 11.6 Å². The van der Waals surface area contributed by atoms with Gasteiger partial charge in [0.15, 0.2) is 0 Å². The summed E-state index contributed by atoms with van der Waals surface area (Å²) in [4.78, 5) is 14.1. The number of nitriles is 1. The van der Waals surface area contributed by atoms with Gasteiger partial charge in [-0.15, -0.1) is 0 Å². The molecule has 0 aliphatic rings. The van der Waals surface area contributed by atoms with Crippen LogP contribution in [-0.4, -0.2) is 24.4 Å². The molecule has 27 heavy (non-hydrogen) atoms. The number of hydrogen-bond acceptors (Lipinski definition) is 3. The molecule has 1 N–H and O–H groups in total. The maximum Gasteiger partial charge on any atom is 0.238 e. The van der Waals surface area contributed by atoms with Crippen LogP contribution in [0, 0.1) is 11.3 Å². The smallest absolute Gasteiger partial charge is 0.238 e. The first kappa shape index (κ1) is 18.4. The summed E-state index contributed by atoms with van der Waals surface area (Å²) >= 11 is 0. The summed E-state index contributed by atoms with van der Waals surface area (Å²) in [5.74, 6) is -0.0386. The second-order valence-electron chi connectivity index (χ2n) is 6.44. The molecule has 0 unspecified atom stereocenters. The highest BCUT2D eigenvalue weighted by atomic mass is 16.2. The Hall–Kier alpha value is -3.42. The van der Waals surface area contributed by atoms with E-state index < -0.39 is 0 Å². The lowest BCUT2D eigenvalue weighted by molar-refractivity contribution is -0.117. The molecule has 4 nitrogen and oxygen atoms in total. The first-order valence-corrected chi connectivity index (χ1v) is 8.77. The minimum atomic E-state index is -0.0386. The van der Waals surface area contributed by atoms with Crippen LogP contribution in [0.4, 0.5) is 5.69 Å². The van der Waals surface area contributed by atoms with E-state index in [1.54, 1.807) is 0 Å². The van der Waals surface area contributed by atoms with Gasteiger partial charge in [0.1, 0.15) is 0 Å². The van der Waals surface area contributed by atoms with Crippen LogP contribution in [-0.2, 0) is 11.3 Å². The van der Waals surface area contributed by atoms with E-state index in [2.05, 4.69) is 11.4 Å². The second-order valence-corrected chi connectivity index (χ2v) is 6.44. The molecular formula is C23H21N3O. The van der Waals surface area contributed by atoms with Crippen LogP contribution >= 0.6 is 0 Å². The Morgan fingerprint density at radius 3 is 2.33 bits per heavy atom. The number of nitrogens with zero attached hydrogens (tertiary/aromatic N) is 2. The van der Waals surface area contributed by atoms with Crippen molar-refractivity contribution in [1.29, 1.82) is 5.26 Å². The number of hydrogen-bond donors (Lipinski definition) is 1. The summed E-state index contributed by atoms with van der Waals surface area (Å²) in [5.41, 5.74) is 4.53. The van der Waals surface area contributed by atoms with Gasteiger partial charge in [0.25, 0.3) is 0 Å². The SMILES string of the molecule is CN(CC(=O)Nc1ccccc1)Cc1ccc(-c2ccccc2C#N)cc1. The van der Waals surface area contributed by atoms with Crippen molar-refractivity contribution in [3.63, 3.8) is 0 Å². The van der Waals surface area contributed by atoms with Gasteiger partial charge in [-0.2, -0.15) is 5.26 Å². The number of amides is 1. The zero-order valence-corrected chi connectivity index (χ0v) is 15.2. The van der Waals surface area contributed by atoms with Gasteiger partial charge in [0.2, 0.25) is 5.91 Å². The molecule has 3 aromatic rings. The number of likely N-dealkylation sites (N-methyl/N-ethyl adjacent to an activating group) is 1. The summed E-state index contributed by atoms with van der Waals surface area (Å²) in [7, 11) is 1.92. The molecule has 3 rings (SSSR count). The Morgan fingerprint density at radius 2 is 1.63 bits per heavy atom. The van der Waals surface area contributed by atoms with E-state index in [9.17, 15) is 10.1 Å². The lowest BCUT2D eigenvalue weighted by Gasteiger charge is -2.16. The fourth-order valence-electron chi connectivity index (χ4n) is 2.96. The molecule has 0 heterocycles. The zero-order valence-electron chi connectivity index (χ0n) is 15.2. The standard InChI is InChI=1S/C23H21N3O/c1-26(17-23(27)25-21-8-3-2-4-9-21)16-18-11-13-19(14-12-18)22-10-6-5-7-20(22)15-24/h2-14H,16-17H2,1H3,(H,25,27). The minimum Gasteiger partial charge on any atom is -0.325 e. The molecule has 4 heteroatoms. The van der Waals surface area contributed by atoms with Crippen LogP contribution in [0.3, 0.4) is 0 Å². The van der Waals surface area contributed by atoms with Gasteiger partial charge in [-0.05, 0) is 41.9 Å². The summed E-state index contributed by atoms with van der Waals surface area (Å²) in [6.45, 7) is 0.982.